The summed E-state index contributed by atoms with van der Waals surface area (Å²) in [6.45, 7) is 0.579. The highest BCUT2D eigenvalue weighted by Gasteiger charge is 1.99. The minimum atomic E-state index is 0. The maximum Gasteiger partial charge on any atom is 0.120 e. The van der Waals surface area contributed by atoms with Gasteiger partial charge in [0.25, 0.3) is 0 Å². The number of halogens is 1. The smallest absolute Gasteiger partial charge is 0.120 e. The monoisotopic (exact) mass is 250 g/mol. The van der Waals surface area contributed by atoms with Crippen molar-refractivity contribution < 1.29 is 5.11 Å². The van der Waals surface area contributed by atoms with Gasteiger partial charge in [-0.15, -0.1) is 12.4 Å². The number of anilines is 2. The van der Waals surface area contributed by atoms with Crippen LogP contribution in [-0.2, 0) is 6.54 Å². The molecule has 0 spiro atoms. The van der Waals surface area contributed by atoms with Crippen LogP contribution in [0.3, 0.4) is 0 Å². The molecule has 3 nitrogen and oxygen atoms in total. The van der Waals surface area contributed by atoms with Crippen molar-refractivity contribution in [2.75, 3.05) is 11.1 Å². The minimum Gasteiger partial charge on any atom is -0.508 e. The van der Waals surface area contributed by atoms with E-state index in [2.05, 4.69) is 5.32 Å². The molecule has 0 fully saturated rings. The molecule has 17 heavy (non-hydrogen) atoms. The molecule has 4 heteroatoms. The van der Waals surface area contributed by atoms with Gasteiger partial charge in [0.2, 0.25) is 0 Å². The fourth-order valence-electron chi connectivity index (χ4n) is 1.51. The van der Waals surface area contributed by atoms with Crippen molar-refractivity contribution in [1.29, 1.82) is 0 Å². The minimum absolute atomic E-state index is 0. The summed E-state index contributed by atoms with van der Waals surface area (Å²) >= 11 is 0. The highest BCUT2D eigenvalue weighted by Crippen LogP contribution is 2.18. The van der Waals surface area contributed by atoms with E-state index in [-0.39, 0.29) is 12.4 Å². The Morgan fingerprint density at radius 1 is 1.06 bits per heavy atom. The lowest BCUT2D eigenvalue weighted by Gasteiger charge is -2.08. The van der Waals surface area contributed by atoms with Crippen molar-refractivity contribution in [3.8, 4) is 5.75 Å². The number of nitrogens with one attached hydrogen (secondary N) is 1. The third-order valence-electron chi connectivity index (χ3n) is 2.36. The van der Waals surface area contributed by atoms with Crippen molar-refractivity contribution in [3.63, 3.8) is 0 Å². The number of aromatic hydroxyl groups is 1. The SMILES string of the molecule is Cl.Nc1cccc(NCc2ccccc2O)c1. The molecular formula is C13H15ClN2O. The van der Waals surface area contributed by atoms with Gasteiger partial charge in [-0.2, -0.15) is 0 Å². The molecule has 0 radical (unpaired) electrons. The number of hydrogen-bond donors (Lipinski definition) is 3. The average Bonchev–Trinajstić information content (AvgIpc) is 2.28. The van der Waals surface area contributed by atoms with Crippen molar-refractivity contribution in [2.24, 2.45) is 0 Å². The Balaban J connectivity index is 0.00000144. The fourth-order valence-corrected chi connectivity index (χ4v) is 1.51. The molecule has 0 saturated carbocycles. The molecule has 0 amide bonds. The van der Waals surface area contributed by atoms with Gasteiger partial charge < -0.3 is 16.2 Å². The Morgan fingerprint density at radius 2 is 1.82 bits per heavy atom. The van der Waals surface area contributed by atoms with Crippen LogP contribution in [0.2, 0.25) is 0 Å². The van der Waals surface area contributed by atoms with Crippen LogP contribution < -0.4 is 11.1 Å². The Morgan fingerprint density at radius 3 is 2.53 bits per heavy atom. The van der Waals surface area contributed by atoms with Crippen LogP contribution in [-0.4, -0.2) is 5.11 Å². The highest BCUT2D eigenvalue weighted by molar-refractivity contribution is 5.85. The summed E-state index contributed by atoms with van der Waals surface area (Å²) < 4.78 is 0. The summed E-state index contributed by atoms with van der Waals surface area (Å²) in [5.41, 5.74) is 8.21. The van der Waals surface area contributed by atoms with Crippen LogP contribution in [0, 0.1) is 0 Å². The summed E-state index contributed by atoms with van der Waals surface area (Å²) in [6.07, 6.45) is 0. The number of nitrogen functional groups attached to an aromatic ring is 1. The predicted molar refractivity (Wildman–Crippen MR) is 73.5 cm³/mol. The van der Waals surface area contributed by atoms with E-state index in [9.17, 15) is 5.11 Å². The standard InChI is InChI=1S/C13H14N2O.ClH/c14-11-5-3-6-12(8-11)15-9-10-4-1-2-7-13(10)16;/h1-8,15-16H,9,14H2;1H. The van der Waals surface area contributed by atoms with Gasteiger partial charge in [-0.1, -0.05) is 24.3 Å². The third-order valence-corrected chi connectivity index (χ3v) is 2.36. The normalized spacial score (nSPS) is 9.41. The van der Waals surface area contributed by atoms with Crippen molar-refractivity contribution in [1.82, 2.24) is 0 Å². The molecule has 0 bridgehead atoms. The van der Waals surface area contributed by atoms with Crippen molar-refractivity contribution in [2.45, 2.75) is 6.54 Å². The van der Waals surface area contributed by atoms with E-state index in [0.29, 0.717) is 12.3 Å². The largest absolute Gasteiger partial charge is 0.508 e. The van der Waals surface area contributed by atoms with Gasteiger partial charge in [0, 0.05) is 23.5 Å². The van der Waals surface area contributed by atoms with Gasteiger partial charge in [0.1, 0.15) is 5.75 Å². The van der Waals surface area contributed by atoms with Crippen LogP contribution in [0.15, 0.2) is 48.5 Å². The first-order valence-electron chi connectivity index (χ1n) is 5.12. The molecule has 0 aliphatic rings. The summed E-state index contributed by atoms with van der Waals surface area (Å²) in [6, 6.07) is 14.8. The van der Waals surface area contributed by atoms with E-state index < -0.39 is 0 Å². The molecule has 2 aromatic rings. The third kappa shape index (κ3) is 3.57. The van der Waals surface area contributed by atoms with Crippen LogP contribution in [0.5, 0.6) is 5.75 Å². The Hall–Kier alpha value is -1.87. The summed E-state index contributed by atoms with van der Waals surface area (Å²) in [7, 11) is 0. The van der Waals surface area contributed by atoms with Gasteiger partial charge >= 0.3 is 0 Å². The summed E-state index contributed by atoms with van der Waals surface area (Å²) in [5.74, 6) is 0.305. The molecule has 0 unspecified atom stereocenters. The summed E-state index contributed by atoms with van der Waals surface area (Å²) in [5, 5.41) is 12.8. The van der Waals surface area contributed by atoms with Gasteiger partial charge in [0.05, 0.1) is 0 Å². The average molecular weight is 251 g/mol. The maximum absolute atomic E-state index is 9.58. The summed E-state index contributed by atoms with van der Waals surface area (Å²) in [4.78, 5) is 0. The number of phenols is 1. The zero-order chi connectivity index (χ0) is 11.4. The lowest BCUT2D eigenvalue weighted by molar-refractivity contribution is 0.469. The van der Waals surface area contributed by atoms with E-state index in [0.717, 1.165) is 16.9 Å². The lowest BCUT2D eigenvalue weighted by atomic mass is 10.2. The molecule has 4 N–H and O–H groups in total. The Kier molecular flexibility index (Phi) is 4.67. The number of benzene rings is 2. The topological polar surface area (TPSA) is 58.3 Å². The number of phenolic OH excluding ortho intramolecular Hbond substituents is 1. The second-order valence-corrected chi connectivity index (χ2v) is 3.61. The molecule has 0 aromatic heterocycles. The fraction of sp³-hybridized carbons (Fsp3) is 0.0769. The quantitative estimate of drug-likeness (QED) is 0.734. The number of rotatable bonds is 3. The number of hydrogen-bond acceptors (Lipinski definition) is 3. The van der Waals surface area contributed by atoms with E-state index in [1.54, 1.807) is 12.1 Å². The second kappa shape index (κ2) is 6.01. The van der Waals surface area contributed by atoms with Crippen LogP contribution in [0.4, 0.5) is 11.4 Å². The first-order chi connectivity index (χ1) is 7.75. The number of para-hydroxylation sites is 1. The molecule has 0 aliphatic heterocycles. The van der Waals surface area contributed by atoms with E-state index in [1.165, 1.54) is 0 Å². The van der Waals surface area contributed by atoms with Gasteiger partial charge in [0.15, 0.2) is 0 Å². The Labute approximate surface area is 107 Å². The molecule has 0 saturated heterocycles. The molecule has 0 aliphatic carbocycles. The molecule has 90 valence electrons. The van der Waals surface area contributed by atoms with Gasteiger partial charge in [-0.25, -0.2) is 0 Å². The second-order valence-electron chi connectivity index (χ2n) is 3.61. The first kappa shape index (κ1) is 13.2. The first-order valence-corrected chi connectivity index (χ1v) is 5.12. The van der Waals surface area contributed by atoms with Gasteiger partial charge in [-0.05, 0) is 24.3 Å². The maximum atomic E-state index is 9.58. The number of nitrogens with two attached hydrogens (primary N) is 1. The van der Waals surface area contributed by atoms with Crippen LogP contribution >= 0.6 is 12.4 Å². The lowest BCUT2D eigenvalue weighted by Crippen LogP contribution is -1.99. The van der Waals surface area contributed by atoms with E-state index >= 15 is 0 Å². The molecular weight excluding hydrogens is 236 g/mol. The zero-order valence-corrected chi connectivity index (χ0v) is 10.1. The van der Waals surface area contributed by atoms with Crippen LogP contribution in [0.1, 0.15) is 5.56 Å². The van der Waals surface area contributed by atoms with Gasteiger partial charge in [-0.3, -0.25) is 0 Å². The predicted octanol–water partition coefficient (Wildman–Crippen LogP) is 3.01. The molecule has 2 aromatic carbocycles. The molecule has 2 rings (SSSR count). The zero-order valence-electron chi connectivity index (χ0n) is 9.26. The Bertz CT molecular complexity index is 488. The van der Waals surface area contributed by atoms with Crippen molar-refractivity contribution in [3.05, 3.63) is 54.1 Å². The molecule has 0 atom stereocenters. The van der Waals surface area contributed by atoms with Crippen LogP contribution in [0.25, 0.3) is 0 Å². The van der Waals surface area contributed by atoms with E-state index in [4.69, 9.17) is 5.73 Å². The van der Waals surface area contributed by atoms with Crippen molar-refractivity contribution >= 4 is 23.8 Å². The van der Waals surface area contributed by atoms with E-state index in [1.807, 2.05) is 36.4 Å². The molecule has 0 heterocycles. The highest BCUT2D eigenvalue weighted by atomic mass is 35.5.